The standard InChI is InChI=1S/C16H19ClN2O2S/c1-11(15-3-2-8-22-15)9-18-16(21)19-14(10-20)12-4-6-13(17)7-5-12/h2-8,11,14,20H,9-10H2,1H3,(H2,18,19,21). The van der Waals surface area contributed by atoms with Gasteiger partial charge in [-0.1, -0.05) is 36.7 Å². The molecule has 1 heterocycles. The maximum absolute atomic E-state index is 12.0. The number of aliphatic hydroxyl groups is 1. The average molecular weight is 339 g/mol. The number of carbonyl (C=O) groups excluding carboxylic acids is 1. The van der Waals surface area contributed by atoms with Crippen LogP contribution in [0.15, 0.2) is 41.8 Å². The van der Waals surface area contributed by atoms with E-state index in [0.29, 0.717) is 11.6 Å². The quantitative estimate of drug-likeness (QED) is 0.754. The van der Waals surface area contributed by atoms with Crippen molar-refractivity contribution in [2.45, 2.75) is 18.9 Å². The van der Waals surface area contributed by atoms with Crippen LogP contribution in [0.5, 0.6) is 0 Å². The molecule has 2 rings (SSSR count). The predicted octanol–water partition coefficient (Wildman–Crippen LogP) is 3.54. The zero-order chi connectivity index (χ0) is 15.9. The van der Waals surface area contributed by atoms with Crippen LogP contribution in [0, 0.1) is 0 Å². The minimum absolute atomic E-state index is 0.171. The van der Waals surface area contributed by atoms with Crippen molar-refractivity contribution in [3.63, 3.8) is 0 Å². The molecule has 2 atom stereocenters. The molecule has 2 aromatic rings. The van der Waals surface area contributed by atoms with E-state index in [9.17, 15) is 9.90 Å². The number of thiophene rings is 1. The fourth-order valence-corrected chi connectivity index (χ4v) is 2.97. The van der Waals surface area contributed by atoms with Crippen molar-refractivity contribution in [2.24, 2.45) is 0 Å². The van der Waals surface area contributed by atoms with Gasteiger partial charge in [-0.3, -0.25) is 0 Å². The van der Waals surface area contributed by atoms with E-state index in [4.69, 9.17) is 11.6 Å². The molecule has 4 nitrogen and oxygen atoms in total. The van der Waals surface area contributed by atoms with Crippen LogP contribution in [0.3, 0.4) is 0 Å². The van der Waals surface area contributed by atoms with Crippen LogP contribution < -0.4 is 10.6 Å². The van der Waals surface area contributed by atoms with Crippen molar-refractivity contribution in [1.82, 2.24) is 10.6 Å². The number of aliphatic hydroxyl groups excluding tert-OH is 1. The summed E-state index contributed by atoms with van der Waals surface area (Å²) in [6.07, 6.45) is 0. The lowest BCUT2D eigenvalue weighted by Gasteiger charge is -2.18. The lowest BCUT2D eigenvalue weighted by Crippen LogP contribution is -2.40. The molecular formula is C16H19ClN2O2S. The molecular weight excluding hydrogens is 320 g/mol. The van der Waals surface area contributed by atoms with Crippen LogP contribution in [0.2, 0.25) is 5.02 Å². The van der Waals surface area contributed by atoms with E-state index in [1.54, 1.807) is 35.6 Å². The molecule has 0 fully saturated rings. The molecule has 0 saturated heterocycles. The topological polar surface area (TPSA) is 61.4 Å². The highest BCUT2D eigenvalue weighted by atomic mass is 35.5. The summed E-state index contributed by atoms with van der Waals surface area (Å²) >= 11 is 7.51. The lowest BCUT2D eigenvalue weighted by molar-refractivity contribution is 0.216. The normalized spacial score (nSPS) is 13.4. The van der Waals surface area contributed by atoms with E-state index in [1.807, 2.05) is 11.4 Å². The highest BCUT2D eigenvalue weighted by Crippen LogP contribution is 2.20. The molecule has 0 radical (unpaired) electrons. The minimum atomic E-state index is -0.450. The van der Waals surface area contributed by atoms with Gasteiger partial charge in [0.05, 0.1) is 12.6 Å². The Morgan fingerprint density at radius 3 is 2.64 bits per heavy atom. The van der Waals surface area contributed by atoms with Gasteiger partial charge >= 0.3 is 6.03 Å². The van der Waals surface area contributed by atoms with Gasteiger partial charge in [0, 0.05) is 22.4 Å². The smallest absolute Gasteiger partial charge is 0.315 e. The van der Waals surface area contributed by atoms with Gasteiger partial charge in [-0.25, -0.2) is 4.79 Å². The molecule has 2 amide bonds. The molecule has 0 saturated carbocycles. The summed E-state index contributed by atoms with van der Waals surface area (Å²) in [6, 6.07) is 10.4. The van der Waals surface area contributed by atoms with Gasteiger partial charge in [0.2, 0.25) is 0 Å². The van der Waals surface area contributed by atoms with Crippen molar-refractivity contribution in [3.8, 4) is 0 Å². The van der Waals surface area contributed by atoms with Crippen molar-refractivity contribution in [2.75, 3.05) is 13.2 Å². The number of halogens is 1. The SMILES string of the molecule is CC(CNC(=O)NC(CO)c1ccc(Cl)cc1)c1cccs1. The number of carbonyl (C=O) groups is 1. The summed E-state index contributed by atoms with van der Waals surface area (Å²) in [5, 5.41) is 17.7. The first-order chi connectivity index (χ1) is 10.6. The summed E-state index contributed by atoms with van der Waals surface area (Å²) in [5.41, 5.74) is 0.813. The van der Waals surface area contributed by atoms with Crippen LogP contribution in [-0.2, 0) is 0 Å². The maximum atomic E-state index is 12.0. The minimum Gasteiger partial charge on any atom is -0.394 e. The number of hydrogen-bond acceptors (Lipinski definition) is 3. The Morgan fingerprint density at radius 2 is 2.05 bits per heavy atom. The Kier molecular flexibility index (Phi) is 6.24. The predicted molar refractivity (Wildman–Crippen MR) is 90.5 cm³/mol. The summed E-state index contributed by atoms with van der Waals surface area (Å²) in [6.45, 7) is 2.44. The lowest BCUT2D eigenvalue weighted by atomic mass is 10.1. The summed E-state index contributed by atoms with van der Waals surface area (Å²) in [7, 11) is 0. The van der Waals surface area contributed by atoms with E-state index in [0.717, 1.165) is 5.56 Å². The third-order valence-corrected chi connectivity index (χ3v) is 4.71. The molecule has 0 spiro atoms. The van der Waals surface area contributed by atoms with E-state index >= 15 is 0 Å². The summed E-state index contributed by atoms with van der Waals surface area (Å²) in [4.78, 5) is 13.2. The van der Waals surface area contributed by atoms with Gasteiger partial charge in [-0.15, -0.1) is 11.3 Å². The Labute approximate surface area is 139 Å². The number of urea groups is 1. The largest absolute Gasteiger partial charge is 0.394 e. The van der Waals surface area contributed by atoms with Crippen LogP contribution >= 0.6 is 22.9 Å². The first-order valence-corrected chi connectivity index (χ1v) is 8.30. The maximum Gasteiger partial charge on any atom is 0.315 e. The monoisotopic (exact) mass is 338 g/mol. The van der Waals surface area contributed by atoms with Gasteiger partial charge in [-0.05, 0) is 29.1 Å². The number of hydrogen-bond donors (Lipinski definition) is 3. The Hall–Kier alpha value is -1.56. The summed E-state index contributed by atoms with van der Waals surface area (Å²) < 4.78 is 0. The van der Waals surface area contributed by atoms with Gasteiger partial charge in [0.25, 0.3) is 0 Å². The first-order valence-electron chi connectivity index (χ1n) is 7.04. The molecule has 0 aliphatic carbocycles. The fourth-order valence-electron chi connectivity index (χ4n) is 2.06. The molecule has 3 N–H and O–H groups in total. The molecule has 22 heavy (non-hydrogen) atoms. The third kappa shape index (κ3) is 4.73. The second kappa shape index (κ2) is 8.17. The molecule has 118 valence electrons. The van der Waals surface area contributed by atoms with E-state index in [2.05, 4.69) is 23.6 Å². The Bertz CT molecular complexity index is 587. The first kappa shape index (κ1) is 16.8. The Balaban J connectivity index is 1.85. The second-order valence-electron chi connectivity index (χ2n) is 5.06. The third-order valence-electron chi connectivity index (χ3n) is 3.36. The van der Waals surface area contributed by atoms with Crippen molar-refractivity contribution in [3.05, 3.63) is 57.2 Å². The molecule has 0 aliphatic rings. The second-order valence-corrected chi connectivity index (χ2v) is 6.47. The number of nitrogens with one attached hydrogen (secondary N) is 2. The van der Waals surface area contributed by atoms with Crippen LogP contribution in [0.1, 0.15) is 29.3 Å². The van der Waals surface area contributed by atoms with Crippen molar-refractivity contribution < 1.29 is 9.90 Å². The van der Waals surface area contributed by atoms with E-state index in [-0.39, 0.29) is 18.6 Å². The number of rotatable bonds is 6. The summed E-state index contributed by atoms with van der Waals surface area (Å²) in [5.74, 6) is 0.258. The zero-order valence-corrected chi connectivity index (χ0v) is 13.8. The van der Waals surface area contributed by atoms with Crippen LogP contribution in [0.4, 0.5) is 4.79 Å². The highest BCUT2D eigenvalue weighted by Gasteiger charge is 2.14. The molecule has 0 aliphatic heterocycles. The van der Waals surface area contributed by atoms with Crippen molar-refractivity contribution in [1.29, 1.82) is 0 Å². The molecule has 1 aromatic carbocycles. The Morgan fingerprint density at radius 1 is 1.32 bits per heavy atom. The van der Waals surface area contributed by atoms with Gasteiger partial charge in [0.15, 0.2) is 0 Å². The van der Waals surface area contributed by atoms with E-state index in [1.165, 1.54) is 4.88 Å². The fraction of sp³-hybridized carbons (Fsp3) is 0.312. The van der Waals surface area contributed by atoms with Gasteiger partial charge in [-0.2, -0.15) is 0 Å². The van der Waals surface area contributed by atoms with Crippen LogP contribution in [-0.4, -0.2) is 24.3 Å². The molecule has 2 unspecified atom stereocenters. The van der Waals surface area contributed by atoms with Crippen LogP contribution in [0.25, 0.3) is 0 Å². The van der Waals surface area contributed by atoms with Crippen molar-refractivity contribution >= 4 is 29.0 Å². The average Bonchev–Trinajstić information content (AvgIpc) is 3.05. The van der Waals surface area contributed by atoms with Gasteiger partial charge < -0.3 is 15.7 Å². The van der Waals surface area contributed by atoms with Gasteiger partial charge in [0.1, 0.15) is 0 Å². The number of amides is 2. The van der Waals surface area contributed by atoms with E-state index < -0.39 is 6.04 Å². The highest BCUT2D eigenvalue weighted by molar-refractivity contribution is 7.10. The zero-order valence-electron chi connectivity index (χ0n) is 12.3. The molecule has 1 aromatic heterocycles. The molecule has 0 bridgehead atoms. The number of benzene rings is 1. The molecule has 6 heteroatoms.